The topological polar surface area (TPSA) is 94.0 Å². The SMILES string of the molecule is CC(C)C(Sc1nncn1N)C(=O)O. The fourth-order valence-electron chi connectivity index (χ4n) is 0.902. The third kappa shape index (κ3) is 2.38. The maximum absolute atomic E-state index is 10.9. The van der Waals surface area contributed by atoms with Crippen LogP contribution in [0.3, 0.4) is 0 Å². The van der Waals surface area contributed by atoms with Crippen LogP contribution < -0.4 is 5.84 Å². The lowest BCUT2D eigenvalue weighted by atomic mass is 10.1. The standard InChI is InChI=1S/C7H12N4O2S/c1-4(2)5(6(12)13)14-7-10-9-3-11(7)8/h3-5H,8H2,1-2H3,(H,12,13). The van der Waals surface area contributed by atoms with Gasteiger partial charge in [0.05, 0.1) is 0 Å². The molecule has 0 aliphatic rings. The van der Waals surface area contributed by atoms with E-state index in [1.165, 1.54) is 11.0 Å². The highest BCUT2D eigenvalue weighted by atomic mass is 32.2. The van der Waals surface area contributed by atoms with Crippen molar-refractivity contribution >= 4 is 17.7 Å². The zero-order valence-corrected chi connectivity index (χ0v) is 8.73. The monoisotopic (exact) mass is 216 g/mol. The quantitative estimate of drug-likeness (QED) is 0.551. The fraction of sp³-hybridized carbons (Fsp3) is 0.571. The Morgan fingerprint density at radius 3 is 2.71 bits per heavy atom. The summed E-state index contributed by atoms with van der Waals surface area (Å²) in [5, 5.41) is 16.0. The summed E-state index contributed by atoms with van der Waals surface area (Å²) < 4.78 is 1.21. The van der Waals surface area contributed by atoms with Gasteiger partial charge in [-0.3, -0.25) is 4.79 Å². The first-order chi connectivity index (χ1) is 6.52. The molecule has 1 unspecified atom stereocenters. The molecule has 7 heteroatoms. The van der Waals surface area contributed by atoms with Crippen LogP contribution in [0.1, 0.15) is 13.8 Å². The number of hydrogen-bond acceptors (Lipinski definition) is 5. The highest BCUT2D eigenvalue weighted by molar-refractivity contribution is 8.00. The van der Waals surface area contributed by atoms with Crippen molar-refractivity contribution in [2.45, 2.75) is 24.3 Å². The number of nitrogens with two attached hydrogens (primary N) is 1. The number of carbonyl (C=O) groups is 1. The fourth-order valence-corrected chi connectivity index (χ4v) is 1.76. The van der Waals surface area contributed by atoms with Crippen molar-refractivity contribution in [1.29, 1.82) is 0 Å². The first-order valence-corrected chi connectivity index (χ1v) is 4.95. The Bertz CT molecular complexity index is 325. The number of hydrogen-bond donors (Lipinski definition) is 2. The van der Waals surface area contributed by atoms with Gasteiger partial charge >= 0.3 is 5.97 Å². The minimum Gasteiger partial charge on any atom is -0.480 e. The molecule has 0 amide bonds. The number of rotatable bonds is 4. The van der Waals surface area contributed by atoms with Crippen LogP contribution >= 0.6 is 11.8 Å². The van der Waals surface area contributed by atoms with Gasteiger partial charge in [0, 0.05) is 0 Å². The molecule has 0 fully saturated rings. The Balaban J connectivity index is 2.75. The predicted molar refractivity (Wildman–Crippen MR) is 52.3 cm³/mol. The molecule has 1 rings (SSSR count). The van der Waals surface area contributed by atoms with E-state index < -0.39 is 11.2 Å². The van der Waals surface area contributed by atoms with Crippen molar-refractivity contribution in [3.05, 3.63) is 6.33 Å². The van der Waals surface area contributed by atoms with Gasteiger partial charge in [0.1, 0.15) is 11.6 Å². The lowest BCUT2D eigenvalue weighted by molar-refractivity contribution is -0.137. The molecule has 0 spiro atoms. The summed E-state index contributed by atoms with van der Waals surface area (Å²) in [4.78, 5) is 10.9. The van der Waals surface area contributed by atoms with Crippen LogP contribution in [0.5, 0.6) is 0 Å². The van der Waals surface area contributed by atoms with Crippen LogP contribution in [0, 0.1) is 5.92 Å². The molecule has 0 aromatic carbocycles. The van der Waals surface area contributed by atoms with E-state index in [0.29, 0.717) is 5.16 Å². The smallest absolute Gasteiger partial charge is 0.317 e. The van der Waals surface area contributed by atoms with Crippen LogP contribution in [0.2, 0.25) is 0 Å². The molecule has 0 aliphatic heterocycles. The van der Waals surface area contributed by atoms with Gasteiger partial charge in [-0.05, 0) is 5.92 Å². The van der Waals surface area contributed by atoms with Gasteiger partial charge in [0.25, 0.3) is 0 Å². The van der Waals surface area contributed by atoms with E-state index in [4.69, 9.17) is 10.9 Å². The Morgan fingerprint density at radius 2 is 2.36 bits per heavy atom. The van der Waals surface area contributed by atoms with Crippen molar-refractivity contribution in [2.75, 3.05) is 5.84 Å². The number of nitrogens with zero attached hydrogens (tertiary/aromatic N) is 3. The van der Waals surface area contributed by atoms with Crippen molar-refractivity contribution in [1.82, 2.24) is 14.9 Å². The molecule has 0 radical (unpaired) electrons. The molecule has 1 aromatic heterocycles. The van der Waals surface area contributed by atoms with E-state index in [9.17, 15) is 4.79 Å². The number of thioether (sulfide) groups is 1. The summed E-state index contributed by atoms with van der Waals surface area (Å²) in [6.07, 6.45) is 1.33. The van der Waals surface area contributed by atoms with E-state index in [1.54, 1.807) is 0 Å². The molecule has 6 nitrogen and oxygen atoms in total. The molecular formula is C7H12N4O2S. The lowest BCUT2D eigenvalue weighted by Crippen LogP contribution is -2.23. The maximum atomic E-state index is 10.9. The average Bonchev–Trinajstić information content (AvgIpc) is 2.46. The van der Waals surface area contributed by atoms with Crippen molar-refractivity contribution < 1.29 is 9.90 Å². The minimum absolute atomic E-state index is 0.00852. The van der Waals surface area contributed by atoms with Crippen LogP contribution in [0.15, 0.2) is 11.5 Å². The van der Waals surface area contributed by atoms with E-state index in [0.717, 1.165) is 11.8 Å². The average molecular weight is 216 g/mol. The van der Waals surface area contributed by atoms with Crippen molar-refractivity contribution in [2.24, 2.45) is 5.92 Å². The van der Waals surface area contributed by atoms with Gasteiger partial charge in [-0.15, -0.1) is 10.2 Å². The zero-order chi connectivity index (χ0) is 10.7. The van der Waals surface area contributed by atoms with Gasteiger partial charge in [-0.25, -0.2) is 4.68 Å². The number of carboxylic acid groups (broad SMARTS) is 1. The van der Waals surface area contributed by atoms with E-state index in [2.05, 4.69) is 10.2 Å². The van der Waals surface area contributed by atoms with Gasteiger partial charge in [-0.2, -0.15) is 0 Å². The second kappa shape index (κ2) is 4.32. The van der Waals surface area contributed by atoms with Gasteiger partial charge in [0.15, 0.2) is 0 Å². The summed E-state index contributed by atoms with van der Waals surface area (Å²) in [6, 6.07) is 0. The Kier molecular flexibility index (Phi) is 3.34. The van der Waals surface area contributed by atoms with Gasteiger partial charge in [-0.1, -0.05) is 25.6 Å². The molecule has 1 heterocycles. The molecule has 1 aromatic rings. The molecule has 1 atom stereocenters. The maximum Gasteiger partial charge on any atom is 0.317 e. The van der Waals surface area contributed by atoms with Crippen LogP contribution in [0.4, 0.5) is 0 Å². The predicted octanol–water partition coefficient (Wildman–Crippen LogP) is 0.193. The lowest BCUT2D eigenvalue weighted by Gasteiger charge is -2.13. The summed E-state index contributed by atoms with van der Waals surface area (Å²) in [5.41, 5.74) is 0. The third-order valence-corrected chi connectivity index (χ3v) is 3.12. The summed E-state index contributed by atoms with van der Waals surface area (Å²) in [7, 11) is 0. The van der Waals surface area contributed by atoms with Gasteiger partial charge in [0.2, 0.25) is 5.16 Å². The van der Waals surface area contributed by atoms with E-state index in [-0.39, 0.29) is 5.92 Å². The Morgan fingerprint density at radius 1 is 1.71 bits per heavy atom. The van der Waals surface area contributed by atoms with Crippen molar-refractivity contribution in [3.8, 4) is 0 Å². The van der Waals surface area contributed by atoms with Crippen LogP contribution in [-0.4, -0.2) is 31.2 Å². The van der Waals surface area contributed by atoms with Crippen LogP contribution in [0.25, 0.3) is 0 Å². The van der Waals surface area contributed by atoms with Crippen LogP contribution in [-0.2, 0) is 4.79 Å². The molecular weight excluding hydrogens is 204 g/mol. The zero-order valence-electron chi connectivity index (χ0n) is 7.91. The Labute approximate surface area is 85.5 Å². The normalized spacial score (nSPS) is 13.1. The number of aliphatic carboxylic acids is 1. The second-order valence-corrected chi connectivity index (χ2v) is 4.25. The van der Waals surface area contributed by atoms with E-state index >= 15 is 0 Å². The molecule has 0 saturated heterocycles. The number of aromatic nitrogens is 3. The molecule has 78 valence electrons. The molecule has 3 N–H and O–H groups in total. The largest absolute Gasteiger partial charge is 0.480 e. The third-order valence-electron chi connectivity index (χ3n) is 1.62. The molecule has 0 aliphatic carbocycles. The molecule has 14 heavy (non-hydrogen) atoms. The molecule has 0 bridgehead atoms. The molecule has 0 saturated carbocycles. The summed E-state index contributed by atoms with van der Waals surface area (Å²) in [6.45, 7) is 3.67. The summed E-state index contributed by atoms with van der Waals surface area (Å²) >= 11 is 1.10. The number of carboxylic acids is 1. The van der Waals surface area contributed by atoms with Gasteiger partial charge < -0.3 is 10.9 Å². The first-order valence-electron chi connectivity index (χ1n) is 4.07. The minimum atomic E-state index is -0.868. The first kappa shape index (κ1) is 10.8. The van der Waals surface area contributed by atoms with Crippen molar-refractivity contribution in [3.63, 3.8) is 0 Å². The summed E-state index contributed by atoms with van der Waals surface area (Å²) in [5.74, 6) is 4.61. The number of nitrogen functional groups attached to an aromatic ring is 1. The second-order valence-electron chi connectivity index (χ2n) is 3.14. The highest BCUT2D eigenvalue weighted by Gasteiger charge is 2.24. The Hall–Kier alpha value is -1.24. The van der Waals surface area contributed by atoms with E-state index in [1.807, 2.05) is 13.8 Å². The highest BCUT2D eigenvalue weighted by Crippen LogP contribution is 2.25.